The van der Waals surface area contributed by atoms with Gasteiger partial charge in [-0.1, -0.05) is 24.3 Å². The lowest BCUT2D eigenvalue weighted by Gasteiger charge is -2.19. The smallest absolute Gasteiger partial charge is 0.338 e. The molecule has 0 aliphatic rings. The number of likely N-dealkylation sites (N-methyl/N-ethyl adjacent to an activating group) is 1. The van der Waals surface area contributed by atoms with Crippen molar-refractivity contribution in [2.24, 2.45) is 0 Å². The van der Waals surface area contributed by atoms with E-state index in [0.29, 0.717) is 43.6 Å². The van der Waals surface area contributed by atoms with Gasteiger partial charge in [-0.25, -0.2) is 4.79 Å². The van der Waals surface area contributed by atoms with E-state index in [1.54, 1.807) is 19.2 Å². The second-order valence-corrected chi connectivity index (χ2v) is 6.85. The molecular formula is C24H31NO6. The average molecular weight is 430 g/mol. The maximum absolute atomic E-state index is 12.6. The zero-order valence-electron chi connectivity index (χ0n) is 18.9. The summed E-state index contributed by atoms with van der Waals surface area (Å²) in [6.45, 7) is 8.81. The van der Waals surface area contributed by atoms with Crippen LogP contribution in [0.4, 0.5) is 0 Å². The van der Waals surface area contributed by atoms with Crippen LogP contribution in [-0.4, -0.2) is 50.3 Å². The number of carbonyl (C=O) groups is 2. The number of aryl methyl sites for hydroxylation is 1. The van der Waals surface area contributed by atoms with Gasteiger partial charge in [-0.2, -0.15) is 0 Å². The van der Waals surface area contributed by atoms with Gasteiger partial charge in [-0.15, -0.1) is 0 Å². The van der Waals surface area contributed by atoms with Crippen molar-refractivity contribution in [2.45, 2.75) is 34.2 Å². The van der Waals surface area contributed by atoms with Crippen LogP contribution in [0.1, 0.15) is 42.3 Å². The van der Waals surface area contributed by atoms with Crippen LogP contribution in [0.3, 0.4) is 0 Å². The van der Waals surface area contributed by atoms with Crippen molar-refractivity contribution < 1.29 is 28.5 Å². The van der Waals surface area contributed by atoms with Crippen molar-refractivity contribution in [2.75, 3.05) is 33.5 Å². The third-order valence-corrected chi connectivity index (χ3v) is 4.57. The molecule has 0 aliphatic carbocycles. The van der Waals surface area contributed by atoms with Gasteiger partial charge in [0.25, 0.3) is 5.91 Å². The molecule has 31 heavy (non-hydrogen) atoms. The molecule has 0 aliphatic heterocycles. The van der Waals surface area contributed by atoms with Gasteiger partial charge in [0.1, 0.15) is 0 Å². The average Bonchev–Trinajstić information content (AvgIpc) is 2.75. The number of nitrogens with zero attached hydrogens (tertiary/aromatic N) is 1. The van der Waals surface area contributed by atoms with Crippen LogP contribution in [0, 0.1) is 6.92 Å². The van der Waals surface area contributed by atoms with E-state index in [2.05, 4.69) is 0 Å². The summed E-state index contributed by atoms with van der Waals surface area (Å²) in [5.41, 5.74) is 2.36. The summed E-state index contributed by atoms with van der Waals surface area (Å²) in [4.78, 5) is 26.6. The maximum Gasteiger partial charge on any atom is 0.338 e. The fourth-order valence-corrected chi connectivity index (χ4v) is 2.96. The first-order chi connectivity index (χ1) is 14.9. The Morgan fingerprint density at radius 3 is 2.03 bits per heavy atom. The minimum atomic E-state index is -0.636. The monoisotopic (exact) mass is 429 g/mol. The van der Waals surface area contributed by atoms with Crippen molar-refractivity contribution in [3.63, 3.8) is 0 Å². The normalized spacial score (nSPS) is 10.4. The molecule has 2 aromatic carbocycles. The highest BCUT2D eigenvalue weighted by atomic mass is 16.5. The molecular weight excluding hydrogens is 398 g/mol. The second-order valence-electron chi connectivity index (χ2n) is 6.85. The number of hydrogen-bond acceptors (Lipinski definition) is 6. The van der Waals surface area contributed by atoms with Crippen LogP contribution in [0.15, 0.2) is 36.4 Å². The van der Waals surface area contributed by atoms with E-state index < -0.39 is 5.97 Å². The first-order valence-corrected chi connectivity index (χ1v) is 10.4. The predicted octanol–water partition coefficient (Wildman–Crippen LogP) is 4.01. The first kappa shape index (κ1) is 24.1. The number of carbonyl (C=O) groups excluding carboxylic acids is 2. The molecule has 0 atom stereocenters. The first-order valence-electron chi connectivity index (χ1n) is 10.4. The number of hydrogen-bond donors (Lipinski definition) is 0. The van der Waals surface area contributed by atoms with E-state index >= 15 is 0 Å². The van der Waals surface area contributed by atoms with Crippen molar-refractivity contribution in [3.8, 4) is 17.2 Å². The van der Waals surface area contributed by atoms with Gasteiger partial charge in [-0.05, 0) is 51.0 Å². The van der Waals surface area contributed by atoms with E-state index in [0.717, 1.165) is 11.1 Å². The Kier molecular flexibility index (Phi) is 9.18. The van der Waals surface area contributed by atoms with Crippen LogP contribution in [-0.2, 0) is 16.1 Å². The molecule has 0 aromatic heterocycles. The molecule has 0 saturated heterocycles. The highest BCUT2D eigenvalue weighted by Crippen LogP contribution is 2.39. The summed E-state index contributed by atoms with van der Waals surface area (Å²) in [5.74, 6) is 0.299. The van der Waals surface area contributed by atoms with Gasteiger partial charge < -0.3 is 23.8 Å². The Labute approximate surface area is 183 Å². The topological polar surface area (TPSA) is 74.3 Å². The minimum absolute atomic E-state index is 0.227. The van der Waals surface area contributed by atoms with Crippen molar-refractivity contribution in [1.82, 2.24) is 4.90 Å². The van der Waals surface area contributed by atoms with Crippen molar-refractivity contribution in [3.05, 3.63) is 53.1 Å². The molecule has 2 aromatic rings. The Hall–Kier alpha value is -3.22. The molecule has 2 rings (SSSR count). The number of rotatable bonds is 11. The molecule has 7 heteroatoms. The Morgan fingerprint density at radius 1 is 0.903 bits per heavy atom. The SMILES string of the molecule is CCOc1cc(C(=O)OCC(=O)N(C)Cc2ccccc2C)cc(OCC)c1OCC. The summed E-state index contributed by atoms with van der Waals surface area (Å²) < 4.78 is 22.1. The highest BCUT2D eigenvalue weighted by molar-refractivity contribution is 5.92. The largest absolute Gasteiger partial charge is 0.490 e. The molecule has 7 nitrogen and oxygen atoms in total. The van der Waals surface area contributed by atoms with Crippen LogP contribution in [0.2, 0.25) is 0 Å². The van der Waals surface area contributed by atoms with Crippen LogP contribution in [0.25, 0.3) is 0 Å². The highest BCUT2D eigenvalue weighted by Gasteiger charge is 2.20. The van der Waals surface area contributed by atoms with Gasteiger partial charge in [-0.3, -0.25) is 4.79 Å². The molecule has 0 radical (unpaired) electrons. The summed E-state index contributed by atoms with van der Waals surface area (Å²) >= 11 is 0. The third kappa shape index (κ3) is 6.64. The fourth-order valence-electron chi connectivity index (χ4n) is 2.96. The molecule has 1 amide bonds. The van der Waals surface area contributed by atoms with Crippen molar-refractivity contribution in [1.29, 1.82) is 0 Å². The zero-order chi connectivity index (χ0) is 22.8. The summed E-state index contributed by atoms with van der Waals surface area (Å²) in [7, 11) is 1.68. The van der Waals surface area contributed by atoms with E-state index in [1.165, 1.54) is 4.90 Å². The van der Waals surface area contributed by atoms with Crippen LogP contribution in [0.5, 0.6) is 17.2 Å². The minimum Gasteiger partial charge on any atom is -0.490 e. The molecule has 0 spiro atoms. The standard InChI is InChI=1S/C24H31NO6/c1-6-28-20-13-19(14-21(29-7-2)23(20)30-8-3)24(27)31-16-22(26)25(5)15-18-12-10-9-11-17(18)4/h9-14H,6-8,15-16H2,1-5H3. The number of ether oxygens (including phenoxy) is 4. The van der Waals surface area contributed by atoms with Gasteiger partial charge in [0, 0.05) is 13.6 Å². The van der Waals surface area contributed by atoms with Gasteiger partial charge in [0.15, 0.2) is 18.1 Å². The van der Waals surface area contributed by atoms with Crippen LogP contribution >= 0.6 is 0 Å². The number of amides is 1. The third-order valence-electron chi connectivity index (χ3n) is 4.57. The summed E-state index contributed by atoms with van der Waals surface area (Å²) in [6, 6.07) is 10.9. The Morgan fingerprint density at radius 2 is 1.48 bits per heavy atom. The Balaban J connectivity index is 2.09. The maximum atomic E-state index is 12.6. The summed E-state index contributed by atoms with van der Waals surface area (Å²) in [6.07, 6.45) is 0. The molecule has 0 unspecified atom stereocenters. The fraction of sp³-hybridized carbons (Fsp3) is 0.417. The van der Waals surface area contributed by atoms with E-state index in [9.17, 15) is 9.59 Å². The lowest BCUT2D eigenvalue weighted by atomic mass is 10.1. The number of benzene rings is 2. The van der Waals surface area contributed by atoms with E-state index in [-0.39, 0.29) is 18.1 Å². The van der Waals surface area contributed by atoms with E-state index in [4.69, 9.17) is 18.9 Å². The van der Waals surface area contributed by atoms with Crippen molar-refractivity contribution >= 4 is 11.9 Å². The van der Waals surface area contributed by atoms with Crippen LogP contribution < -0.4 is 14.2 Å². The van der Waals surface area contributed by atoms with E-state index in [1.807, 2.05) is 52.0 Å². The second kappa shape index (κ2) is 11.8. The van der Waals surface area contributed by atoms with Gasteiger partial charge in [0.2, 0.25) is 5.75 Å². The van der Waals surface area contributed by atoms with Gasteiger partial charge in [0.05, 0.1) is 25.4 Å². The molecule has 0 heterocycles. The molecule has 0 bridgehead atoms. The van der Waals surface area contributed by atoms with Gasteiger partial charge >= 0.3 is 5.97 Å². The lowest BCUT2D eigenvalue weighted by Crippen LogP contribution is -2.31. The zero-order valence-corrected chi connectivity index (χ0v) is 18.9. The molecule has 0 fully saturated rings. The molecule has 0 saturated carbocycles. The Bertz CT molecular complexity index is 868. The molecule has 0 N–H and O–H groups in total. The quantitative estimate of drug-likeness (QED) is 0.503. The lowest BCUT2D eigenvalue weighted by molar-refractivity contribution is -0.133. The summed E-state index contributed by atoms with van der Waals surface area (Å²) in [5, 5.41) is 0. The molecule has 168 valence electrons. The predicted molar refractivity (Wildman–Crippen MR) is 118 cm³/mol. The number of esters is 1.